The van der Waals surface area contributed by atoms with Gasteiger partial charge < -0.3 is 19.9 Å². The van der Waals surface area contributed by atoms with Crippen LogP contribution in [-0.4, -0.2) is 25.6 Å². The first-order valence-electron chi connectivity index (χ1n) is 7.36. The summed E-state index contributed by atoms with van der Waals surface area (Å²) < 4.78 is 51.4. The number of ether oxygens (including phenoxy) is 3. The molecule has 0 aromatic heterocycles. The molecule has 0 atom stereocenters. The molecule has 0 unspecified atom stereocenters. The van der Waals surface area contributed by atoms with Crippen molar-refractivity contribution in [2.75, 3.05) is 13.2 Å². The normalized spacial score (nSPS) is 21.5. The first-order chi connectivity index (χ1) is 11.4. The van der Waals surface area contributed by atoms with E-state index in [1.807, 2.05) is 24.3 Å². The van der Waals surface area contributed by atoms with Crippen LogP contribution in [0.25, 0.3) is 11.1 Å². The molecule has 1 aliphatic heterocycles. The third-order valence-electron chi connectivity index (χ3n) is 3.53. The van der Waals surface area contributed by atoms with E-state index in [4.69, 9.17) is 15.2 Å². The van der Waals surface area contributed by atoms with Crippen LogP contribution in [-0.2, 0) is 9.47 Å². The molecule has 3 rings (SSSR count). The molecule has 1 heterocycles. The summed E-state index contributed by atoms with van der Waals surface area (Å²) in [5, 5.41) is 0. The van der Waals surface area contributed by atoms with Crippen LogP contribution >= 0.6 is 0 Å². The van der Waals surface area contributed by atoms with E-state index in [-0.39, 0.29) is 11.8 Å². The molecule has 0 amide bonds. The maximum absolute atomic E-state index is 12.2. The molecule has 24 heavy (non-hydrogen) atoms. The fourth-order valence-electron chi connectivity index (χ4n) is 2.39. The molecule has 2 aromatic rings. The van der Waals surface area contributed by atoms with Crippen LogP contribution in [0.15, 0.2) is 48.5 Å². The van der Waals surface area contributed by atoms with Crippen LogP contribution in [0.4, 0.5) is 13.2 Å². The van der Waals surface area contributed by atoms with E-state index in [0.717, 1.165) is 16.7 Å². The molecule has 0 bridgehead atoms. The van der Waals surface area contributed by atoms with Crippen molar-refractivity contribution >= 4 is 0 Å². The van der Waals surface area contributed by atoms with Crippen LogP contribution < -0.4 is 10.5 Å². The highest BCUT2D eigenvalue weighted by Crippen LogP contribution is 2.28. The van der Waals surface area contributed by atoms with Gasteiger partial charge in [-0.1, -0.05) is 36.4 Å². The zero-order valence-corrected chi connectivity index (χ0v) is 12.6. The van der Waals surface area contributed by atoms with Crippen molar-refractivity contribution in [3.8, 4) is 16.9 Å². The second-order valence-corrected chi connectivity index (χ2v) is 5.45. The second-order valence-electron chi connectivity index (χ2n) is 5.45. The molecular weight excluding hydrogens is 323 g/mol. The lowest BCUT2D eigenvalue weighted by atomic mass is 10.0. The SMILES string of the molecule is NC1COC(c2ccc(-c3ccc(OC(F)(F)F)cc3)cc2)OC1. The minimum Gasteiger partial charge on any atom is -0.406 e. The zero-order chi connectivity index (χ0) is 17.2. The average molecular weight is 339 g/mol. The Kier molecular flexibility index (Phi) is 4.75. The molecule has 2 N–H and O–H groups in total. The minimum atomic E-state index is -4.69. The summed E-state index contributed by atoms with van der Waals surface area (Å²) in [6.07, 6.45) is -5.13. The Morgan fingerprint density at radius 2 is 1.38 bits per heavy atom. The first kappa shape index (κ1) is 16.8. The molecule has 128 valence electrons. The van der Waals surface area contributed by atoms with Crippen LogP contribution in [0.1, 0.15) is 11.9 Å². The fourth-order valence-corrected chi connectivity index (χ4v) is 2.39. The number of hydrogen-bond donors (Lipinski definition) is 1. The Hall–Kier alpha value is -2.09. The van der Waals surface area contributed by atoms with Gasteiger partial charge in [0.15, 0.2) is 6.29 Å². The lowest BCUT2D eigenvalue weighted by molar-refractivity contribution is -0.274. The second kappa shape index (κ2) is 6.80. The van der Waals surface area contributed by atoms with Gasteiger partial charge in [0.05, 0.1) is 19.3 Å². The summed E-state index contributed by atoms with van der Waals surface area (Å²) in [5.74, 6) is -0.247. The van der Waals surface area contributed by atoms with Crippen LogP contribution in [0.5, 0.6) is 5.75 Å². The largest absolute Gasteiger partial charge is 0.573 e. The lowest BCUT2D eigenvalue weighted by Gasteiger charge is -2.27. The molecule has 2 aromatic carbocycles. The van der Waals surface area contributed by atoms with Crippen molar-refractivity contribution < 1.29 is 27.4 Å². The van der Waals surface area contributed by atoms with Crippen molar-refractivity contribution in [1.82, 2.24) is 0 Å². The molecule has 0 spiro atoms. The summed E-state index contributed by atoms with van der Waals surface area (Å²) in [4.78, 5) is 0. The predicted octanol–water partition coefficient (Wildman–Crippen LogP) is 3.62. The molecule has 0 saturated carbocycles. The van der Waals surface area contributed by atoms with Crippen LogP contribution in [0, 0.1) is 0 Å². The fraction of sp³-hybridized carbons (Fsp3) is 0.294. The minimum absolute atomic E-state index is 0.113. The third kappa shape index (κ3) is 4.25. The topological polar surface area (TPSA) is 53.7 Å². The van der Waals surface area contributed by atoms with Crippen molar-refractivity contribution in [2.45, 2.75) is 18.7 Å². The highest BCUT2D eigenvalue weighted by atomic mass is 19.4. The quantitative estimate of drug-likeness (QED) is 0.928. The van der Waals surface area contributed by atoms with Crippen molar-refractivity contribution in [3.63, 3.8) is 0 Å². The molecule has 1 saturated heterocycles. The number of rotatable bonds is 3. The summed E-state index contributed by atoms with van der Waals surface area (Å²) >= 11 is 0. The molecular formula is C17H16F3NO3. The van der Waals surface area contributed by atoms with Crippen LogP contribution in [0.2, 0.25) is 0 Å². The van der Waals surface area contributed by atoms with Gasteiger partial charge >= 0.3 is 6.36 Å². The maximum Gasteiger partial charge on any atom is 0.573 e. The van der Waals surface area contributed by atoms with Gasteiger partial charge in [0.1, 0.15) is 5.75 Å². The van der Waals surface area contributed by atoms with Crippen molar-refractivity contribution in [2.24, 2.45) is 5.73 Å². The molecule has 0 aliphatic carbocycles. The highest BCUT2D eigenvalue weighted by Gasteiger charge is 2.31. The lowest BCUT2D eigenvalue weighted by Crippen LogP contribution is -2.37. The Labute approximate surface area is 136 Å². The van der Waals surface area contributed by atoms with Gasteiger partial charge in [0.2, 0.25) is 0 Å². The molecule has 4 nitrogen and oxygen atoms in total. The standard InChI is InChI=1S/C17H16F3NO3/c18-17(19,20)24-15-7-5-12(6-8-15)11-1-3-13(4-2-11)16-22-9-14(21)10-23-16/h1-8,14,16H,9-10,21H2. The summed E-state index contributed by atoms with van der Waals surface area (Å²) in [6.45, 7) is 0.875. The van der Waals surface area contributed by atoms with E-state index in [2.05, 4.69) is 4.74 Å². The Morgan fingerprint density at radius 3 is 1.88 bits per heavy atom. The maximum atomic E-state index is 12.2. The zero-order valence-electron chi connectivity index (χ0n) is 12.6. The van der Waals surface area contributed by atoms with Gasteiger partial charge in [0.25, 0.3) is 0 Å². The van der Waals surface area contributed by atoms with Crippen molar-refractivity contribution in [1.29, 1.82) is 0 Å². The van der Waals surface area contributed by atoms with E-state index < -0.39 is 12.7 Å². The van der Waals surface area contributed by atoms with Gasteiger partial charge in [-0.3, -0.25) is 0 Å². The summed E-state index contributed by atoms with van der Waals surface area (Å²) in [6, 6.07) is 13.0. The predicted molar refractivity (Wildman–Crippen MR) is 81.2 cm³/mol. The van der Waals surface area contributed by atoms with Gasteiger partial charge in [-0.2, -0.15) is 0 Å². The summed E-state index contributed by atoms with van der Waals surface area (Å²) in [7, 11) is 0. The highest BCUT2D eigenvalue weighted by molar-refractivity contribution is 5.64. The van der Waals surface area contributed by atoms with E-state index in [1.165, 1.54) is 12.1 Å². The number of benzene rings is 2. The van der Waals surface area contributed by atoms with E-state index in [0.29, 0.717) is 13.2 Å². The van der Waals surface area contributed by atoms with Gasteiger partial charge in [0, 0.05) is 5.56 Å². The number of nitrogens with two attached hydrogens (primary N) is 1. The summed E-state index contributed by atoms with van der Waals surface area (Å²) in [5.41, 5.74) is 8.21. The van der Waals surface area contributed by atoms with E-state index in [9.17, 15) is 13.2 Å². The Morgan fingerprint density at radius 1 is 0.875 bits per heavy atom. The van der Waals surface area contributed by atoms with Gasteiger partial charge in [-0.05, 0) is 23.3 Å². The molecule has 1 fully saturated rings. The smallest absolute Gasteiger partial charge is 0.406 e. The number of halogens is 3. The van der Waals surface area contributed by atoms with E-state index in [1.54, 1.807) is 12.1 Å². The average Bonchev–Trinajstić information content (AvgIpc) is 2.55. The first-order valence-corrected chi connectivity index (χ1v) is 7.36. The molecule has 7 heteroatoms. The number of alkyl halides is 3. The Balaban J connectivity index is 1.69. The van der Waals surface area contributed by atoms with Crippen LogP contribution in [0.3, 0.4) is 0 Å². The monoisotopic (exact) mass is 339 g/mol. The molecule has 0 radical (unpaired) electrons. The van der Waals surface area contributed by atoms with Gasteiger partial charge in [-0.25, -0.2) is 0 Å². The number of hydrogen-bond acceptors (Lipinski definition) is 4. The third-order valence-corrected chi connectivity index (χ3v) is 3.53. The van der Waals surface area contributed by atoms with Gasteiger partial charge in [-0.15, -0.1) is 13.2 Å². The molecule has 1 aliphatic rings. The van der Waals surface area contributed by atoms with E-state index >= 15 is 0 Å². The Bertz CT molecular complexity index is 663. The van der Waals surface area contributed by atoms with Crippen molar-refractivity contribution in [3.05, 3.63) is 54.1 Å².